The number of hydrogen-bond acceptors (Lipinski definition) is 2. The van der Waals surface area contributed by atoms with Crippen LogP contribution in [0.15, 0.2) is 0 Å². The molecule has 2 rings (SSSR count). The molecule has 1 heterocycles. The second kappa shape index (κ2) is 5.28. The maximum Gasteiger partial charge on any atom is 0.142 e. The third kappa shape index (κ3) is 2.86. The third-order valence-electron chi connectivity index (χ3n) is 4.50. The van der Waals surface area contributed by atoms with Crippen LogP contribution in [0.4, 0.5) is 0 Å². The van der Waals surface area contributed by atoms with Gasteiger partial charge in [0.15, 0.2) is 0 Å². The Balaban J connectivity index is 2.16. The molecular weight excluding hydrogens is 260 g/mol. The number of rotatable bonds is 3. The normalized spacial score (nSPS) is 22.5. The van der Waals surface area contributed by atoms with Crippen LogP contribution < -0.4 is 0 Å². The van der Waals surface area contributed by atoms with Gasteiger partial charge >= 0.3 is 0 Å². The zero-order chi connectivity index (χ0) is 14.2. The number of nitrogens with zero attached hydrogens (tertiary/aromatic N) is 2. The first-order valence-corrected chi connectivity index (χ1v) is 7.41. The largest absolute Gasteiger partial charge is 0.299 e. The lowest BCUT2D eigenvalue weighted by atomic mass is 9.66. The topological polar surface area (TPSA) is 34.9 Å². The summed E-state index contributed by atoms with van der Waals surface area (Å²) in [5.41, 5.74) is 1.77. The van der Waals surface area contributed by atoms with Gasteiger partial charge in [-0.1, -0.05) is 38.3 Å². The Morgan fingerprint density at radius 3 is 2.68 bits per heavy atom. The number of carbonyl (C=O) groups is 1. The summed E-state index contributed by atoms with van der Waals surface area (Å²) in [7, 11) is 1.85. The van der Waals surface area contributed by atoms with Crippen LogP contribution in [0, 0.1) is 18.3 Å². The minimum atomic E-state index is 0.120. The predicted octanol–water partition coefficient (Wildman–Crippen LogP) is 3.71. The molecule has 0 aromatic carbocycles. The number of ketones is 1. The zero-order valence-corrected chi connectivity index (χ0v) is 13.0. The minimum Gasteiger partial charge on any atom is -0.299 e. The number of halogens is 1. The van der Waals surface area contributed by atoms with E-state index in [1.54, 1.807) is 4.68 Å². The van der Waals surface area contributed by atoms with Crippen molar-refractivity contribution in [2.45, 2.75) is 52.9 Å². The second-order valence-corrected chi connectivity index (χ2v) is 6.78. The van der Waals surface area contributed by atoms with Gasteiger partial charge in [0, 0.05) is 13.0 Å². The van der Waals surface area contributed by atoms with Crippen molar-refractivity contribution in [2.75, 3.05) is 0 Å². The van der Waals surface area contributed by atoms with Crippen LogP contribution in [-0.2, 0) is 18.3 Å². The van der Waals surface area contributed by atoms with E-state index < -0.39 is 0 Å². The molecule has 0 aliphatic heterocycles. The molecule has 1 saturated carbocycles. The number of carbonyl (C=O) groups excluding carboxylic acids is 1. The molecule has 1 atom stereocenters. The van der Waals surface area contributed by atoms with Crippen LogP contribution in [0.3, 0.4) is 0 Å². The summed E-state index contributed by atoms with van der Waals surface area (Å²) in [5, 5.41) is 4.92. The van der Waals surface area contributed by atoms with Crippen LogP contribution in [0.25, 0.3) is 0 Å². The van der Waals surface area contributed by atoms with E-state index in [-0.39, 0.29) is 11.3 Å². The monoisotopic (exact) mass is 282 g/mol. The van der Waals surface area contributed by atoms with Crippen molar-refractivity contribution in [3.05, 3.63) is 16.4 Å². The summed E-state index contributed by atoms with van der Waals surface area (Å²) in [4.78, 5) is 12.6. The second-order valence-electron chi connectivity index (χ2n) is 6.40. The molecule has 0 radical (unpaired) electrons. The molecule has 1 aliphatic carbocycles. The molecule has 0 spiro atoms. The van der Waals surface area contributed by atoms with Gasteiger partial charge in [-0.05, 0) is 25.2 Å². The van der Waals surface area contributed by atoms with Crippen LogP contribution in [0.5, 0.6) is 0 Å². The van der Waals surface area contributed by atoms with Gasteiger partial charge < -0.3 is 0 Å². The van der Waals surface area contributed by atoms with E-state index in [2.05, 4.69) is 18.9 Å². The summed E-state index contributed by atoms with van der Waals surface area (Å²) in [6.07, 6.45) is 4.96. The Morgan fingerprint density at radius 2 is 2.16 bits per heavy atom. The first kappa shape index (κ1) is 14.6. The van der Waals surface area contributed by atoms with Crippen molar-refractivity contribution in [2.24, 2.45) is 18.4 Å². The van der Waals surface area contributed by atoms with Gasteiger partial charge in [-0.2, -0.15) is 5.10 Å². The Morgan fingerprint density at radius 1 is 1.47 bits per heavy atom. The standard InChI is InChI=1S/C15H23ClN2O/c1-10-14(16)12(18(4)17-10)9-13(19)11-7-5-6-8-15(11,2)3/h11H,5-9H2,1-4H3. The Labute approximate surface area is 120 Å². The number of aryl methyl sites for hydroxylation is 2. The van der Waals surface area contributed by atoms with Crippen molar-refractivity contribution in [3.63, 3.8) is 0 Å². The lowest BCUT2D eigenvalue weighted by Gasteiger charge is -2.37. The fourth-order valence-electron chi connectivity index (χ4n) is 3.25. The summed E-state index contributed by atoms with van der Waals surface area (Å²) in [5.74, 6) is 0.474. The van der Waals surface area contributed by atoms with Crippen molar-refractivity contribution >= 4 is 17.4 Å². The summed E-state index contributed by atoms with van der Waals surface area (Å²) in [6.45, 7) is 6.30. The molecule has 0 N–H and O–H groups in total. The Hall–Kier alpha value is -0.830. The fraction of sp³-hybridized carbons (Fsp3) is 0.733. The lowest BCUT2D eigenvalue weighted by molar-refractivity contribution is -0.127. The van der Waals surface area contributed by atoms with Crippen LogP contribution in [0.1, 0.15) is 50.9 Å². The van der Waals surface area contributed by atoms with E-state index in [9.17, 15) is 4.79 Å². The van der Waals surface area contributed by atoms with Gasteiger partial charge in [-0.3, -0.25) is 9.48 Å². The first-order chi connectivity index (χ1) is 8.83. The smallest absolute Gasteiger partial charge is 0.142 e. The van der Waals surface area contributed by atoms with Gasteiger partial charge in [0.05, 0.1) is 22.8 Å². The van der Waals surface area contributed by atoms with Crippen molar-refractivity contribution in [3.8, 4) is 0 Å². The van der Waals surface area contributed by atoms with E-state index in [4.69, 9.17) is 11.6 Å². The Bertz CT molecular complexity index is 491. The SMILES string of the molecule is Cc1nn(C)c(CC(=O)C2CCCCC2(C)C)c1Cl. The number of Topliss-reactive ketones (excluding diaryl/α,β-unsaturated/α-hetero) is 1. The highest BCUT2D eigenvalue weighted by atomic mass is 35.5. The minimum absolute atomic E-state index is 0.120. The van der Waals surface area contributed by atoms with E-state index in [0.717, 1.165) is 30.7 Å². The van der Waals surface area contributed by atoms with Crippen molar-refractivity contribution < 1.29 is 4.79 Å². The summed E-state index contributed by atoms with van der Waals surface area (Å²) in [6, 6.07) is 0. The van der Waals surface area contributed by atoms with Crippen molar-refractivity contribution in [1.29, 1.82) is 0 Å². The lowest BCUT2D eigenvalue weighted by Crippen LogP contribution is -2.35. The number of hydrogen-bond donors (Lipinski definition) is 0. The zero-order valence-electron chi connectivity index (χ0n) is 12.3. The number of aromatic nitrogens is 2. The van der Waals surface area contributed by atoms with Gasteiger partial charge in [0.2, 0.25) is 0 Å². The molecule has 1 aromatic rings. The molecular formula is C15H23ClN2O. The summed E-state index contributed by atoms with van der Waals surface area (Å²) >= 11 is 6.23. The average molecular weight is 283 g/mol. The van der Waals surface area contributed by atoms with Crippen LogP contribution in [-0.4, -0.2) is 15.6 Å². The van der Waals surface area contributed by atoms with E-state index in [1.165, 1.54) is 6.42 Å². The van der Waals surface area contributed by atoms with Gasteiger partial charge in [0.25, 0.3) is 0 Å². The molecule has 0 saturated heterocycles. The Kier molecular flexibility index (Phi) is 4.05. The molecule has 1 unspecified atom stereocenters. The highest BCUT2D eigenvalue weighted by Gasteiger charge is 2.37. The van der Waals surface area contributed by atoms with Crippen LogP contribution >= 0.6 is 11.6 Å². The van der Waals surface area contributed by atoms with E-state index >= 15 is 0 Å². The molecule has 0 bridgehead atoms. The maximum atomic E-state index is 12.6. The van der Waals surface area contributed by atoms with Crippen LogP contribution in [0.2, 0.25) is 5.02 Å². The van der Waals surface area contributed by atoms with Gasteiger partial charge in [-0.25, -0.2) is 0 Å². The molecule has 1 aliphatic rings. The predicted molar refractivity (Wildman–Crippen MR) is 77.4 cm³/mol. The van der Waals surface area contributed by atoms with E-state index in [0.29, 0.717) is 17.2 Å². The fourth-order valence-corrected chi connectivity index (χ4v) is 3.48. The maximum absolute atomic E-state index is 12.6. The molecule has 4 heteroatoms. The third-order valence-corrected chi connectivity index (χ3v) is 4.99. The van der Waals surface area contributed by atoms with E-state index in [1.807, 2.05) is 14.0 Å². The highest BCUT2D eigenvalue weighted by Crippen LogP contribution is 2.41. The molecule has 0 amide bonds. The van der Waals surface area contributed by atoms with Crippen molar-refractivity contribution in [1.82, 2.24) is 9.78 Å². The van der Waals surface area contributed by atoms with Gasteiger partial charge in [-0.15, -0.1) is 0 Å². The highest BCUT2D eigenvalue weighted by molar-refractivity contribution is 6.32. The molecule has 19 heavy (non-hydrogen) atoms. The molecule has 3 nitrogen and oxygen atoms in total. The molecule has 1 fully saturated rings. The molecule has 1 aromatic heterocycles. The van der Waals surface area contributed by atoms with Gasteiger partial charge in [0.1, 0.15) is 5.78 Å². The molecule has 106 valence electrons. The quantitative estimate of drug-likeness (QED) is 0.847. The average Bonchev–Trinajstić information content (AvgIpc) is 2.55. The first-order valence-electron chi connectivity index (χ1n) is 7.03. The summed E-state index contributed by atoms with van der Waals surface area (Å²) < 4.78 is 1.74.